The second-order valence-electron chi connectivity index (χ2n) is 6.31. The Labute approximate surface area is 153 Å². The topological polar surface area (TPSA) is 52.3 Å². The van der Waals surface area contributed by atoms with E-state index >= 15 is 0 Å². The van der Waals surface area contributed by atoms with Crippen LogP contribution in [0.1, 0.15) is 38.1 Å². The number of nitrogens with zero attached hydrogens (tertiary/aromatic N) is 4. The molecule has 0 fully saturated rings. The van der Waals surface area contributed by atoms with Gasteiger partial charge in [-0.05, 0) is 30.9 Å². The van der Waals surface area contributed by atoms with Gasteiger partial charge in [0.05, 0.1) is 17.6 Å². The zero-order chi connectivity index (χ0) is 16.9. The number of aromatic nitrogens is 4. The van der Waals surface area contributed by atoms with Crippen molar-refractivity contribution in [2.45, 2.75) is 56.6 Å². The van der Waals surface area contributed by atoms with Crippen LogP contribution < -0.4 is 0 Å². The summed E-state index contributed by atoms with van der Waals surface area (Å²) in [4.78, 5) is 7.30. The maximum Gasteiger partial charge on any atom is 0.197 e. The number of fused-ring (bicyclic) bond motifs is 5. The van der Waals surface area contributed by atoms with Gasteiger partial charge in [-0.1, -0.05) is 37.4 Å². The summed E-state index contributed by atoms with van der Waals surface area (Å²) < 4.78 is 8.12. The van der Waals surface area contributed by atoms with Crippen molar-refractivity contribution in [1.29, 1.82) is 0 Å². The van der Waals surface area contributed by atoms with Crippen molar-refractivity contribution in [2.24, 2.45) is 0 Å². The van der Waals surface area contributed by atoms with Crippen molar-refractivity contribution < 1.29 is 4.74 Å². The van der Waals surface area contributed by atoms with E-state index < -0.39 is 0 Å². The van der Waals surface area contributed by atoms with Crippen molar-refractivity contribution in [1.82, 2.24) is 19.6 Å². The molecule has 0 bridgehead atoms. The molecule has 0 saturated carbocycles. The maximum atomic E-state index is 5.99. The Morgan fingerprint density at radius 1 is 1.17 bits per heavy atom. The Bertz CT molecular complexity index is 915. The van der Waals surface area contributed by atoms with Crippen LogP contribution in [0.5, 0.6) is 0 Å². The van der Waals surface area contributed by atoms with Crippen molar-refractivity contribution in [3.63, 3.8) is 0 Å². The predicted octanol–water partition coefficient (Wildman–Crippen LogP) is 4.41. The first-order chi connectivity index (χ1) is 11.5. The third kappa shape index (κ3) is 2.64. The number of rotatable bonds is 4. The normalized spacial score (nSPS) is 16.8. The second-order valence-corrected chi connectivity index (χ2v) is 9.86. The molecule has 3 aromatic rings. The van der Waals surface area contributed by atoms with Gasteiger partial charge in [0.1, 0.15) is 4.83 Å². The molecular weight excluding hydrogens is 360 g/mol. The van der Waals surface area contributed by atoms with Crippen LogP contribution in [0.25, 0.3) is 15.9 Å². The predicted molar refractivity (Wildman–Crippen MR) is 102 cm³/mol. The summed E-state index contributed by atoms with van der Waals surface area (Å²) in [6, 6.07) is 0. The van der Waals surface area contributed by atoms with Gasteiger partial charge in [0.2, 0.25) is 0 Å². The van der Waals surface area contributed by atoms with Gasteiger partial charge in [-0.2, -0.15) is 0 Å². The summed E-state index contributed by atoms with van der Waals surface area (Å²) in [5, 5.41) is 12.1. The zero-order valence-electron chi connectivity index (χ0n) is 14.3. The summed E-state index contributed by atoms with van der Waals surface area (Å²) in [7, 11) is 0. The van der Waals surface area contributed by atoms with E-state index in [1.165, 1.54) is 15.8 Å². The third-order valence-electron chi connectivity index (χ3n) is 4.06. The lowest BCUT2D eigenvalue weighted by Crippen LogP contribution is -2.31. The minimum atomic E-state index is -0.143. The summed E-state index contributed by atoms with van der Waals surface area (Å²) >= 11 is 5.20. The first kappa shape index (κ1) is 16.6. The van der Waals surface area contributed by atoms with Crippen molar-refractivity contribution in [3.05, 3.63) is 10.4 Å². The quantitative estimate of drug-likeness (QED) is 0.493. The third-order valence-corrected chi connectivity index (χ3v) is 6.79. The highest BCUT2D eigenvalue weighted by Gasteiger charge is 2.31. The van der Waals surface area contributed by atoms with Crippen LogP contribution in [0.3, 0.4) is 0 Å². The Balaban J connectivity index is 2.03. The lowest BCUT2D eigenvalue weighted by Gasteiger charge is -2.30. The fourth-order valence-corrected chi connectivity index (χ4v) is 5.63. The van der Waals surface area contributed by atoms with Crippen molar-refractivity contribution >= 4 is 50.7 Å². The van der Waals surface area contributed by atoms with Crippen LogP contribution in [-0.2, 0) is 17.8 Å². The number of thioether (sulfide) groups is 2. The summed E-state index contributed by atoms with van der Waals surface area (Å²) in [6.45, 7) is 9.24. The van der Waals surface area contributed by atoms with Gasteiger partial charge < -0.3 is 4.74 Å². The molecule has 128 valence electrons. The van der Waals surface area contributed by atoms with E-state index in [4.69, 9.17) is 9.72 Å². The fraction of sp³-hybridized carbons (Fsp3) is 0.562. The van der Waals surface area contributed by atoms with Crippen LogP contribution in [0.15, 0.2) is 10.3 Å². The van der Waals surface area contributed by atoms with E-state index in [0.29, 0.717) is 6.61 Å². The average Bonchev–Trinajstić information content (AvgIpc) is 3.08. The molecule has 0 unspecified atom stereocenters. The van der Waals surface area contributed by atoms with E-state index in [0.717, 1.165) is 38.7 Å². The number of hydrogen-bond donors (Lipinski definition) is 0. The Morgan fingerprint density at radius 2 is 1.92 bits per heavy atom. The monoisotopic (exact) mass is 380 g/mol. The highest BCUT2D eigenvalue weighted by atomic mass is 32.2. The van der Waals surface area contributed by atoms with E-state index in [2.05, 4.69) is 42.3 Å². The summed E-state index contributed by atoms with van der Waals surface area (Å²) in [5.74, 6) is 1.95. The number of thiophene rings is 1. The van der Waals surface area contributed by atoms with E-state index in [1.807, 2.05) is 0 Å². The van der Waals surface area contributed by atoms with Gasteiger partial charge in [0, 0.05) is 11.3 Å². The van der Waals surface area contributed by atoms with Gasteiger partial charge in [-0.15, -0.1) is 21.5 Å². The van der Waals surface area contributed by atoms with Crippen molar-refractivity contribution in [3.8, 4) is 0 Å². The Kier molecular flexibility index (Phi) is 4.27. The molecule has 1 aliphatic rings. The first-order valence-electron chi connectivity index (χ1n) is 8.13. The molecule has 1 aliphatic heterocycles. The Hall–Kier alpha value is -0.830. The number of hydrogen-bond acceptors (Lipinski definition) is 7. The molecule has 0 aliphatic carbocycles. The largest absolute Gasteiger partial charge is 0.370 e. The summed E-state index contributed by atoms with van der Waals surface area (Å²) in [6.07, 6.45) is 0.892. The molecule has 5 nitrogen and oxygen atoms in total. The van der Waals surface area contributed by atoms with Gasteiger partial charge >= 0.3 is 0 Å². The molecule has 0 spiro atoms. The lowest BCUT2D eigenvalue weighted by molar-refractivity contribution is -0.0379. The van der Waals surface area contributed by atoms with E-state index in [9.17, 15) is 0 Å². The molecule has 0 amide bonds. The van der Waals surface area contributed by atoms with Crippen LogP contribution in [0.2, 0.25) is 0 Å². The standard InChI is InChI=1S/C16H20N4OS3/c1-5-22-14-17-13-11(12-18-19-15(20(12)14)23-6-2)9-7-16(3,4)21-8-10(9)24-13/h5-8H2,1-4H3. The molecule has 24 heavy (non-hydrogen) atoms. The van der Waals surface area contributed by atoms with Gasteiger partial charge in [0.25, 0.3) is 0 Å². The van der Waals surface area contributed by atoms with Crippen LogP contribution in [0.4, 0.5) is 0 Å². The first-order valence-corrected chi connectivity index (χ1v) is 10.9. The molecule has 4 heterocycles. The average molecular weight is 381 g/mol. The van der Waals surface area contributed by atoms with E-state index in [1.54, 1.807) is 34.9 Å². The fourth-order valence-electron chi connectivity index (χ4n) is 3.04. The van der Waals surface area contributed by atoms with Gasteiger partial charge in [-0.3, -0.25) is 0 Å². The van der Waals surface area contributed by atoms with Gasteiger partial charge in [-0.25, -0.2) is 9.38 Å². The minimum Gasteiger partial charge on any atom is -0.370 e. The number of ether oxygens (including phenoxy) is 1. The smallest absolute Gasteiger partial charge is 0.197 e. The molecule has 0 aromatic carbocycles. The van der Waals surface area contributed by atoms with Crippen molar-refractivity contribution in [2.75, 3.05) is 11.5 Å². The van der Waals surface area contributed by atoms with Crippen LogP contribution in [0, 0.1) is 0 Å². The molecule has 0 N–H and O–H groups in total. The second kappa shape index (κ2) is 6.16. The van der Waals surface area contributed by atoms with E-state index in [-0.39, 0.29) is 5.60 Å². The van der Waals surface area contributed by atoms with Crippen LogP contribution >= 0.6 is 34.9 Å². The molecular formula is C16H20N4OS3. The molecule has 0 radical (unpaired) electrons. The summed E-state index contributed by atoms with van der Waals surface area (Å²) in [5.41, 5.74) is 2.15. The lowest BCUT2D eigenvalue weighted by atomic mass is 9.94. The highest BCUT2D eigenvalue weighted by Crippen LogP contribution is 2.41. The highest BCUT2D eigenvalue weighted by molar-refractivity contribution is 7.99. The molecule has 8 heteroatoms. The Morgan fingerprint density at radius 3 is 2.67 bits per heavy atom. The zero-order valence-corrected chi connectivity index (χ0v) is 16.7. The molecule has 4 rings (SSSR count). The van der Waals surface area contributed by atoms with Gasteiger partial charge in [0.15, 0.2) is 16.0 Å². The molecule has 0 saturated heterocycles. The minimum absolute atomic E-state index is 0.143. The molecule has 3 aromatic heterocycles. The SMILES string of the molecule is CCSc1nnc2c3c4c(sc3nc(SCC)n12)COC(C)(C)C4. The maximum absolute atomic E-state index is 5.99. The van der Waals surface area contributed by atoms with Crippen LogP contribution in [-0.4, -0.2) is 36.7 Å². The molecule has 0 atom stereocenters.